The molecule has 1 aliphatic carbocycles. The minimum atomic E-state index is -0.353. The average molecular weight is 221 g/mol. The van der Waals surface area contributed by atoms with Gasteiger partial charge in [0.25, 0.3) is 0 Å². The molecular formula is C11H19N5. The van der Waals surface area contributed by atoms with Gasteiger partial charge < -0.3 is 0 Å². The first-order valence-corrected chi connectivity index (χ1v) is 5.92. The number of hydrogen-bond donors (Lipinski definition) is 1. The van der Waals surface area contributed by atoms with Crippen LogP contribution in [0.1, 0.15) is 39.0 Å². The topological polar surface area (TPSA) is 84.6 Å². The van der Waals surface area contributed by atoms with Gasteiger partial charge in [-0.1, -0.05) is 24.9 Å². The van der Waals surface area contributed by atoms with E-state index in [0.717, 1.165) is 32.2 Å². The molecule has 16 heavy (non-hydrogen) atoms. The van der Waals surface area contributed by atoms with E-state index in [1.807, 2.05) is 0 Å². The van der Waals surface area contributed by atoms with E-state index in [1.165, 1.54) is 6.42 Å². The van der Waals surface area contributed by atoms with Gasteiger partial charge in [0.15, 0.2) is 0 Å². The van der Waals surface area contributed by atoms with Crippen LogP contribution in [0.25, 0.3) is 10.4 Å². The second-order valence-electron chi connectivity index (χ2n) is 4.46. The summed E-state index contributed by atoms with van der Waals surface area (Å²) in [5.74, 6) is 0.408. The van der Waals surface area contributed by atoms with Crippen LogP contribution in [0.2, 0.25) is 0 Å². The van der Waals surface area contributed by atoms with Crippen LogP contribution in [-0.2, 0) is 0 Å². The highest BCUT2D eigenvalue weighted by Crippen LogP contribution is 2.32. The Kier molecular flexibility index (Phi) is 5.10. The lowest BCUT2D eigenvalue weighted by Gasteiger charge is -2.37. The minimum Gasteiger partial charge on any atom is -0.299 e. The second kappa shape index (κ2) is 6.37. The number of nitrogens with one attached hydrogen (secondary N) is 1. The fourth-order valence-corrected chi connectivity index (χ4v) is 2.32. The van der Waals surface area contributed by atoms with E-state index in [2.05, 4.69) is 28.3 Å². The lowest BCUT2D eigenvalue weighted by molar-refractivity contribution is 0.212. The molecule has 0 amide bonds. The first kappa shape index (κ1) is 12.8. The molecule has 0 aromatic carbocycles. The summed E-state index contributed by atoms with van der Waals surface area (Å²) in [7, 11) is 0. The number of nitrogens with zero attached hydrogens (tertiary/aromatic N) is 4. The normalized spacial score (nSPS) is 29.1. The molecule has 5 nitrogen and oxygen atoms in total. The Morgan fingerprint density at radius 1 is 1.62 bits per heavy atom. The summed E-state index contributed by atoms with van der Waals surface area (Å²) in [6.07, 6.45) is 5.20. The van der Waals surface area contributed by atoms with Crippen molar-refractivity contribution < 1.29 is 0 Å². The molecule has 0 aliphatic heterocycles. The van der Waals surface area contributed by atoms with Gasteiger partial charge in [-0.15, -0.1) is 0 Å². The summed E-state index contributed by atoms with van der Waals surface area (Å²) in [5.41, 5.74) is 7.79. The Morgan fingerprint density at radius 2 is 2.44 bits per heavy atom. The Bertz CT molecular complexity index is 302. The van der Waals surface area contributed by atoms with Crippen molar-refractivity contribution in [3.05, 3.63) is 10.4 Å². The Morgan fingerprint density at radius 3 is 3.06 bits per heavy atom. The van der Waals surface area contributed by atoms with Crippen molar-refractivity contribution >= 4 is 0 Å². The molecule has 5 heteroatoms. The zero-order valence-corrected chi connectivity index (χ0v) is 9.82. The van der Waals surface area contributed by atoms with E-state index < -0.39 is 0 Å². The van der Waals surface area contributed by atoms with Crippen molar-refractivity contribution in [2.45, 2.75) is 44.6 Å². The molecule has 0 bridgehead atoms. The van der Waals surface area contributed by atoms with Crippen LogP contribution in [-0.4, -0.2) is 18.6 Å². The van der Waals surface area contributed by atoms with Crippen molar-refractivity contribution in [3.8, 4) is 6.07 Å². The molecule has 1 rings (SSSR count). The van der Waals surface area contributed by atoms with Crippen LogP contribution in [0.15, 0.2) is 5.11 Å². The Hall–Kier alpha value is -1.24. The maximum atomic E-state index is 9.32. The third kappa shape index (κ3) is 3.13. The molecule has 0 radical (unpaired) electrons. The largest absolute Gasteiger partial charge is 0.299 e. The monoisotopic (exact) mass is 221 g/mol. The minimum absolute atomic E-state index is 0.353. The molecule has 1 aliphatic rings. The summed E-state index contributed by atoms with van der Waals surface area (Å²) in [5, 5.41) is 16.1. The number of hydrogen-bond acceptors (Lipinski definition) is 3. The molecule has 0 heterocycles. The highest BCUT2D eigenvalue weighted by Gasteiger charge is 2.37. The SMILES string of the molecule is CC1CCCCC1(C#N)NCCCN=[N+]=[N-]. The molecule has 0 spiro atoms. The summed E-state index contributed by atoms with van der Waals surface area (Å²) < 4.78 is 0. The third-order valence-electron chi connectivity index (χ3n) is 3.44. The maximum absolute atomic E-state index is 9.32. The van der Waals surface area contributed by atoms with Gasteiger partial charge in [-0.05, 0) is 37.3 Å². The van der Waals surface area contributed by atoms with Crippen LogP contribution in [0.5, 0.6) is 0 Å². The van der Waals surface area contributed by atoms with Crippen molar-refractivity contribution in [2.75, 3.05) is 13.1 Å². The van der Waals surface area contributed by atoms with Gasteiger partial charge in [-0.3, -0.25) is 5.32 Å². The Balaban J connectivity index is 2.41. The standard InChI is InChI=1S/C11H19N5/c1-10-5-2-3-6-11(10,9-12)14-7-4-8-15-16-13/h10,14H,2-8H2,1H3. The van der Waals surface area contributed by atoms with Gasteiger partial charge in [0.05, 0.1) is 6.07 Å². The highest BCUT2D eigenvalue weighted by atomic mass is 15.1. The van der Waals surface area contributed by atoms with E-state index in [-0.39, 0.29) is 5.54 Å². The van der Waals surface area contributed by atoms with Crippen molar-refractivity contribution in [2.24, 2.45) is 11.0 Å². The molecule has 1 N–H and O–H groups in total. The van der Waals surface area contributed by atoms with Crippen LogP contribution in [0, 0.1) is 17.2 Å². The Labute approximate surface area is 96.5 Å². The molecule has 88 valence electrons. The quantitative estimate of drug-likeness (QED) is 0.335. The molecular weight excluding hydrogens is 202 g/mol. The van der Waals surface area contributed by atoms with Gasteiger partial charge in [-0.25, -0.2) is 0 Å². The molecule has 1 saturated carbocycles. The molecule has 2 unspecified atom stereocenters. The van der Waals surface area contributed by atoms with Crippen LogP contribution in [0.4, 0.5) is 0 Å². The molecule has 2 atom stereocenters. The number of nitriles is 1. The van der Waals surface area contributed by atoms with Crippen LogP contribution >= 0.6 is 0 Å². The number of azide groups is 1. The lowest BCUT2D eigenvalue weighted by atomic mass is 9.74. The van der Waals surface area contributed by atoms with Crippen molar-refractivity contribution in [1.82, 2.24) is 5.32 Å². The van der Waals surface area contributed by atoms with Gasteiger partial charge >= 0.3 is 0 Å². The summed E-state index contributed by atoms with van der Waals surface area (Å²) in [4.78, 5) is 2.70. The first-order chi connectivity index (χ1) is 7.75. The lowest BCUT2D eigenvalue weighted by Crippen LogP contribution is -2.51. The van der Waals surface area contributed by atoms with Crippen LogP contribution < -0.4 is 5.32 Å². The smallest absolute Gasteiger partial charge is 0.109 e. The first-order valence-electron chi connectivity index (χ1n) is 5.92. The second-order valence-corrected chi connectivity index (χ2v) is 4.46. The average Bonchev–Trinajstić information content (AvgIpc) is 2.31. The van der Waals surface area contributed by atoms with Gasteiger partial charge in [0.2, 0.25) is 0 Å². The zero-order chi connectivity index (χ0) is 11.9. The highest BCUT2D eigenvalue weighted by molar-refractivity contribution is 5.11. The fraction of sp³-hybridized carbons (Fsp3) is 0.909. The predicted molar refractivity (Wildman–Crippen MR) is 62.6 cm³/mol. The summed E-state index contributed by atoms with van der Waals surface area (Å²) in [6.45, 7) is 3.39. The van der Waals surface area contributed by atoms with Crippen molar-refractivity contribution in [3.63, 3.8) is 0 Å². The van der Waals surface area contributed by atoms with E-state index in [0.29, 0.717) is 12.5 Å². The predicted octanol–water partition coefficient (Wildman–Crippen LogP) is 2.75. The molecule has 0 aromatic heterocycles. The molecule has 0 aromatic rings. The van der Waals surface area contributed by atoms with Crippen LogP contribution in [0.3, 0.4) is 0 Å². The van der Waals surface area contributed by atoms with E-state index in [1.54, 1.807) is 0 Å². The van der Waals surface area contributed by atoms with Gasteiger partial charge in [-0.2, -0.15) is 5.26 Å². The summed E-state index contributed by atoms with van der Waals surface area (Å²) >= 11 is 0. The maximum Gasteiger partial charge on any atom is 0.109 e. The van der Waals surface area contributed by atoms with Gasteiger partial charge in [0.1, 0.15) is 5.54 Å². The van der Waals surface area contributed by atoms with E-state index >= 15 is 0 Å². The third-order valence-corrected chi connectivity index (χ3v) is 3.44. The fourth-order valence-electron chi connectivity index (χ4n) is 2.32. The molecule has 0 saturated heterocycles. The van der Waals surface area contributed by atoms with Gasteiger partial charge in [0, 0.05) is 11.5 Å². The zero-order valence-electron chi connectivity index (χ0n) is 9.82. The summed E-state index contributed by atoms with van der Waals surface area (Å²) in [6, 6.07) is 2.44. The van der Waals surface area contributed by atoms with E-state index in [4.69, 9.17) is 5.53 Å². The van der Waals surface area contributed by atoms with E-state index in [9.17, 15) is 5.26 Å². The number of rotatable bonds is 5. The van der Waals surface area contributed by atoms with Crippen molar-refractivity contribution in [1.29, 1.82) is 5.26 Å². The molecule has 1 fully saturated rings.